The Bertz CT molecular complexity index is 1300. The highest BCUT2D eigenvalue weighted by Gasteiger charge is 2.33. The third-order valence-corrected chi connectivity index (χ3v) is 8.16. The fraction of sp³-hybridized carbons (Fsp3) is 0.290. The van der Waals surface area contributed by atoms with Crippen LogP contribution in [0.1, 0.15) is 49.1 Å². The first kappa shape index (κ1) is 26.3. The minimum atomic E-state index is -0.130. The van der Waals surface area contributed by atoms with Crippen LogP contribution in [0, 0.1) is 0 Å². The second kappa shape index (κ2) is 12.5. The summed E-state index contributed by atoms with van der Waals surface area (Å²) in [4.78, 5) is 15.1. The maximum atomic E-state index is 13.0. The van der Waals surface area contributed by atoms with Gasteiger partial charge < -0.3 is 14.2 Å². The van der Waals surface area contributed by atoms with Crippen LogP contribution in [0.5, 0.6) is 17.2 Å². The van der Waals surface area contributed by atoms with Gasteiger partial charge in [-0.1, -0.05) is 79.6 Å². The zero-order valence-electron chi connectivity index (χ0n) is 21.4. The van der Waals surface area contributed by atoms with E-state index in [1.54, 1.807) is 12.0 Å². The summed E-state index contributed by atoms with van der Waals surface area (Å²) in [6.07, 6.45) is 8.44. The van der Waals surface area contributed by atoms with Crippen molar-refractivity contribution in [2.75, 3.05) is 25.2 Å². The molecule has 1 aliphatic carbocycles. The highest BCUT2D eigenvalue weighted by Crippen LogP contribution is 2.37. The number of para-hydroxylation sites is 1. The number of carbonyl (C=O) groups is 1. The molecule has 0 aromatic heterocycles. The van der Waals surface area contributed by atoms with Crippen molar-refractivity contribution in [2.45, 2.75) is 38.0 Å². The van der Waals surface area contributed by atoms with Crippen molar-refractivity contribution in [3.05, 3.63) is 88.8 Å². The van der Waals surface area contributed by atoms with Gasteiger partial charge >= 0.3 is 0 Å². The molecule has 1 aliphatic heterocycles. The predicted molar refractivity (Wildman–Crippen MR) is 158 cm³/mol. The van der Waals surface area contributed by atoms with Gasteiger partial charge in [0.15, 0.2) is 15.8 Å². The molecule has 196 valence electrons. The van der Waals surface area contributed by atoms with Crippen LogP contribution in [0.4, 0.5) is 5.69 Å². The Morgan fingerprint density at radius 3 is 2.39 bits per heavy atom. The number of thiocarbonyl (C=S) groups is 1. The topological polar surface area (TPSA) is 48.0 Å². The molecular formula is C31H31NO4S2. The van der Waals surface area contributed by atoms with Gasteiger partial charge in [0.05, 0.1) is 17.7 Å². The number of hydrogen-bond acceptors (Lipinski definition) is 6. The summed E-state index contributed by atoms with van der Waals surface area (Å²) in [5, 5.41) is 0. The smallest absolute Gasteiger partial charge is 0.270 e. The molecule has 0 N–H and O–H groups in total. The minimum absolute atomic E-state index is 0.130. The Kier molecular flexibility index (Phi) is 8.66. The summed E-state index contributed by atoms with van der Waals surface area (Å²) in [5.41, 5.74) is 3.01. The minimum Gasteiger partial charge on any atom is -0.493 e. The van der Waals surface area contributed by atoms with Crippen LogP contribution >= 0.6 is 24.0 Å². The molecule has 1 amide bonds. The van der Waals surface area contributed by atoms with Crippen molar-refractivity contribution in [1.29, 1.82) is 0 Å². The Hall–Kier alpha value is -3.29. The molecule has 0 atom stereocenters. The highest BCUT2D eigenvalue weighted by atomic mass is 32.2. The lowest BCUT2D eigenvalue weighted by atomic mass is 9.84. The molecule has 3 aromatic rings. The van der Waals surface area contributed by atoms with E-state index in [0.717, 1.165) is 17.0 Å². The molecule has 1 saturated heterocycles. The Morgan fingerprint density at radius 1 is 0.921 bits per heavy atom. The van der Waals surface area contributed by atoms with Crippen molar-refractivity contribution in [3.63, 3.8) is 0 Å². The fourth-order valence-electron chi connectivity index (χ4n) is 4.90. The van der Waals surface area contributed by atoms with Gasteiger partial charge in [-0.05, 0) is 72.4 Å². The number of carbonyl (C=O) groups excluding carboxylic acids is 1. The van der Waals surface area contributed by atoms with E-state index in [1.807, 2.05) is 54.6 Å². The van der Waals surface area contributed by atoms with Crippen molar-refractivity contribution in [1.82, 2.24) is 0 Å². The van der Waals surface area contributed by atoms with Crippen LogP contribution in [-0.2, 0) is 4.79 Å². The van der Waals surface area contributed by atoms with Crippen LogP contribution in [-0.4, -0.2) is 30.6 Å². The standard InChI is InChI=1S/C31H31NO4S2/c1-34-28-20-22(21-29-30(33)32(31(37)38-29)25-10-6-3-7-11-25)12-17-27(28)36-19-18-35-26-15-13-24(14-16-26)23-8-4-2-5-9-23/h3,6-7,10-17,20-21,23H,2,4-5,8-9,18-19H2,1H3/b29-21-. The molecule has 0 spiro atoms. The largest absolute Gasteiger partial charge is 0.493 e. The van der Waals surface area contributed by atoms with Gasteiger partial charge in [0, 0.05) is 0 Å². The van der Waals surface area contributed by atoms with Crippen molar-refractivity contribution in [2.24, 2.45) is 0 Å². The van der Waals surface area contributed by atoms with Crippen LogP contribution < -0.4 is 19.1 Å². The van der Waals surface area contributed by atoms with E-state index >= 15 is 0 Å². The van der Waals surface area contributed by atoms with Gasteiger partial charge in [-0.25, -0.2) is 0 Å². The Labute approximate surface area is 233 Å². The maximum absolute atomic E-state index is 13.0. The molecule has 2 fully saturated rings. The number of ether oxygens (including phenoxy) is 3. The second-order valence-corrected chi connectivity index (χ2v) is 11.0. The lowest BCUT2D eigenvalue weighted by Gasteiger charge is -2.22. The van der Waals surface area contributed by atoms with Crippen molar-refractivity contribution >= 4 is 46.0 Å². The summed E-state index contributed by atoms with van der Waals surface area (Å²) < 4.78 is 17.9. The monoisotopic (exact) mass is 545 g/mol. The molecule has 3 aromatic carbocycles. The normalized spacial score (nSPS) is 17.2. The van der Waals surface area contributed by atoms with Crippen molar-refractivity contribution in [3.8, 4) is 17.2 Å². The van der Waals surface area contributed by atoms with E-state index < -0.39 is 0 Å². The Morgan fingerprint density at radius 2 is 1.66 bits per heavy atom. The number of methoxy groups -OCH3 is 1. The first-order chi connectivity index (χ1) is 18.6. The number of rotatable bonds is 9. The molecule has 1 saturated carbocycles. The third-order valence-electron chi connectivity index (χ3n) is 6.86. The molecule has 1 heterocycles. The van der Waals surface area contributed by atoms with Gasteiger partial charge in [-0.3, -0.25) is 9.69 Å². The summed E-state index contributed by atoms with van der Waals surface area (Å²) in [6, 6.07) is 23.5. The maximum Gasteiger partial charge on any atom is 0.270 e. The summed E-state index contributed by atoms with van der Waals surface area (Å²) >= 11 is 6.76. The highest BCUT2D eigenvalue weighted by molar-refractivity contribution is 8.27. The molecule has 0 unspecified atom stereocenters. The molecule has 5 nitrogen and oxygen atoms in total. The zero-order chi connectivity index (χ0) is 26.3. The molecule has 2 aliphatic rings. The average Bonchev–Trinajstić information content (AvgIpc) is 3.24. The third kappa shape index (κ3) is 6.22. The number of hydrogen-bond donors (Lipinski definition) is 0. The summed E-state index contributed by atoms with van der Waals surface area (Å²) in [6.45, 7) is 0.811. The van der Waals surface area contributed by atoms with Gasteiger partial charge in [-0.2, -0.15) is 0 Å². The lowest BCUT2D eigenvalue weighted by molar-refractivity contribution is -0.113. The fourth-order valence-corrected chi connectivity index (χ4v) is 6.19. The van der Waals surface area contributed by atoms with Crippen LogP contribution in [0.15, 0.2) is 77.7 Å². The zero-order valence-corrected chi connectivity index (χ0v) is 23.1. The quantitative estimate of drug-likeness (QED) is 0.157. The molecule has 0 radical (unpaired) electrons. The number of nitrogens with zero attached hydrogens (tertiary/aromatic N) is 1. The van der Waals surface area contributed by atoms with E-state index in [9.17, 15) is 4.79 Å². The number of thioether (sulfide) groups is 1. The predicted octanol–water partition coefficient (Wildman–Crippen LogP) is 7.61. The van der Waals surface area contributed by atoms with E-state index in [2.05, 4.69) is 24.3 Å². The SMILES string of the molecule is COc1cc(/C=C2\SC(=S)N(c3ccccc3)C2=O)ccc1OCCOc1ccc(C2CCCCC2)cc1. The van der Waals surface area contributed by atoms with Gasteiger partial charge in [-0.15, -0.1) is 0 Å². The van der Waals surface area contributed by atoms with Crippen LogP contribution in [0.25, 0.3) is 6.08 Å². The summed E-state index contributed by atoms with van der Waals surface area (Å²) in [7, 11) is 1.60. The Balaban J connectivity index is 1.16. The number of anilines is 1. The second-order valence-electron chi connectivity index (χ2n) is 9.36. The van der Waals surface area contributed by atoms with Crippen LogP contribution in [0.2, 0.25) is 0 Å². The van der Waals surface area contributed by atoms with E-state index in [0.29, 0.717) is 39.9 Å². The first-order valence-electron chi connectivity index (χ1n) is 13.0. The van der Waals surface area contributed by atoms with E-state index in [4.69, 9.17) is 26.4 Å². The lowest BCUT2D eigenvalue weighted by Crippen LogP contribution is -2.27. The van der Waals surface area contributed by atoms with E-state index in [1.165, 1.54) is 49.4 Å². The summed E-state index contributed by atoms with van der Waals surface area (Å²) in [5.74, 6) is 2.63. The van der Waals surface area contributed by atoms with Gasteiger partial charge in [0.2, 0.25) is 0 Å². The first-order valence-corrected chi connectivity index (χ1v) is 14.2. The molecule has 38 heavy (non-hydrogen) atoms. The number of benzene rings is 3. The average molecular weight is 546 g/mol. The molecule has 7 heteroatoms. The molecule has 0 bridgehead atoms. The number of amides is 1. The molecular weight excluding hydrogens is 514 g/mol. The van der Waals surface area contributed by atoms with Crippen molar-refractivity contribution < 1.29 is 19.0 Å². The van der Waals surface area contributed by atoms with Gasteiger partial charge in [0.25, 0.3) is 5.91 Å². The van der Waals surface area contributed by atoms with E-state index in [-0.39, 0.29) is 5.91 Å². The van der Waals surface area contributed by atoms with Crippen LogP contribution in [0.3, 0.4) is 0 Å². The molecule has 5 rings (SSSR count). The van der Waals surface area contributed by atoms with Gasteiger partial charge in [0.1, 0.15) is 19.0 Å².